The van der Waals surface area contributed by atoms with Crippen LogP contribution >= 0.6 is 0 Å². The minimum Gasteiger partial charge on any atom is -0.447 e. The summed E-state index contributed by atoms with van der Waals surface area (Å²) in [6.45, 7) is 2.26. The molecule has 2 aromatic carbocycles. The Morgan fingerprint density at radius 1 is 1.12 bits per heavy atom. The van der Waals surface area contributed by atoms with Crippen LogP contribution < -0.4 is 0 Å². The van der Waals surface area contributed by atoms with Crippen molar-refractivity contribution in [2.75, 3.05) is 6.61 Å². The monoisotopic (exact) mass is 323 g/mol. The number of ether oxygens (including phenoxy) is 1. The Bertz CT molecular complexity index is 699. The lowest BCUT2D eigenvalue weighted by Gasteiger charge is -2.21. The standard InChI is InChI=1S/C20H21NO3/c1-15(17-10-6-3-7-11-17)12-19(22)21-18(14-24-20(21)23)13-16-8-4-2-5-9-16/h2-11,15,18H,12-14H2,1H3/t15-,18-/m0/s1. The van der Waals surface area contributed by atoms with E-state index < -0.39 is 6.09 Å². The van der Waals surface area contributed by atoms with Gasteiger partial charge < -0.3 is 4.74 Å². The number of carbonyl (C=O) groups is 2. The largest absolute Gasteiger partial charge is 0.447 e. The lowest BCUT2D eigenvalue weighted by Crippen LogP contribution is -2.40. The number of hydrogen-bond donors (Lipinski definition) is 0. The fourth-order valence-electron chi connectivity index (χ4n) is 3.06. The average Bonchev–Trinajstić information content (AvgIpc) is 2.97. The van der Waals surface area contributed by atoms with Crippen molar-refractivity contribution in [2.45, 2.75) is 31.7 Å². The topological polar surface area (TPSA) is 46.6 Å². The Labute approximate surface area is 142 Å². The summed E-state index contributed by atoms with van der Waals surface area (Å²) in [5.41, 5.74) is 2.19. The maximum atomic E-state index is 12.7. The molecule has 4 nitrogen and oxygen atoms in total. The summed E-state index contributed by atoms with van der Waals surface area (Å²) in [5, 5.41) is 0. The molecule has 4 heteroatoms. The third-order valence-corrected chi connectivity index (χ3v) is 4.39. The fraction of sp³-hybridized carbons (Fsp3) is 0.300. The molecule has 1 aliphatic heterocycles. The van der Waals surface area contributed by atoms with E-state index in [1.807, 2.05) is 67.6 Å². The van der Waals surface area contributed by atoms with Crippen molar-refractivity contribution in [3.8, 4) is 0 Å². The van der Waals surface area contributed by atoms with Gasteiger partial charge in [-0.25, -0.2) is 9.69 Å². The molecule has 0 spiro atoms. The van der Waals surface area contributed by atoms with Crippen LogP contribution in [0.2, 0.25) is 0 Å². The third-order valence-electron chi connectivity index (χ3n) is 4.39. The van der Waals surface area contributed by atoms with E-state index in [0.29, 0.717) is 12.8 Å². The van der Waals surface area contributed by atoms with Gasteiger partial charge in [0.15, 0.2) is 0 Å². The zero-order valence-corrected chi connectivity index (χ0v) is 13.7. The van der Waals surface area contributed by atoms with Gasteiger partial charge in [0, 0.05) is 6.42 Å². The first kappa shape index (κ1) is 16.2. The van der Waals surface area contributed by atoms with E-state index in [2.05, 4.69) is 0 Å². The summed E-state index contributed by atoms with van der Waals surface area (Å²) in [6.07, 6.45) is 0.392. The van der Waals surface area contributed by atoms with Gasteiger partial charge in [-0.05, 0) is 23.5 Å². The van der Waals surface area contributed by atoms with Crippen molar-refractivity contribution >= 4 is 12.0 Å². The summed E-state index contributed by atoms with van der Waals surface area (Å²) in [5.74, 6) is -0.112. The first-order chi connectivity index (χ1) is 11.6. The van der Waals surface area contributed by atoms with Gasteiger partial charge >= 0.3 is 6.09 Å². The first-order valence-electron chi connectivity index (χ1n) is 8.23. The van der Waals surface area contributed by atoms with Gasteiger partial charge in [0.25, 0.3) is 0 Å². The van der Waals surface area contributed by atoms with Crippen molar-refractivity contribution in [3.05, 3.63) is 71.8 Å². The molecule has 2 amide bonds. The van der Waals surface area contributed by atoms with E-state index >= 15 is 0 Å². The van der Waals surface area contributed by atoms with Gasteiger partial charge in [0.2, 0.25) is 5.91 Å². The SMILES string of the molecule is C[C@@H](CC(=O)N1C(=O)OC[C@@H]1Cc1ccccc1)c1ccccc1. The second-order valence-electron chi connectivity index (χ2n) is 6.20. The highest BCUT2D eigenvalue weighted by molar-refractivity contribution is 5.93. The molecule has 1 fully saturated rings. The molecule has 1 heterocycles. The molecule has 2 atom stereocenters. The summed E-state index contributed by atoms with van der Waals surface area (Å²) in [4.78, 5) is 26.0. The van der Waals surface area contributed by atoms with E-state index in [1.165, 1.54) is 4.90 Å². The lowest BCUT2D eigenvalue weighted by atomic mass is 9.97. The molecule has 0 aromatic heterocycles. The molecule has 0 saturated carbocycles. The van der Waals surface area contributed by atoms with Gasteiger partial charge in [-0.2, -0.15) is 0 Å². The Balaban J connectivity index is 1.68. The van der Waals surface area contributed by atoms with Gasteiger partial charge in [0.05, 0.1) is 6.04 Å². The van der Waals surface area contributed by atoms with Crippen LogP contribution in [0, 0.1) is 0 Å². The fourth-order valence-corrected chi connectivity index (χ4v) is 3.06. The quantitative estimate of drug-likeness (QED) is 0.841. The predicted octanol–water partition coefficient (Wildman–Crippen LogP) is 3.77. The molecule has 0 unspecified atom stereocenters. The van der Waals surface area contributed by atoms with Crippen molar-refractivity contribution in [1.29, 1.82) is 0 Å². The number of amides is 2. The highest BCUT2D eigenvalue weighted by Crippen LogP contribution is 2.24. The van der Waals surface area contributed by atoms with Crippen LogP contribution in [-0.4, -0.2) is 29.5 Å². The second-order valence-corrected chi connectivity index (χ2v) is 6.20. The third kappa shape index (κ3) is 3.65. The molecular weight excluding hydrogens is 302 g/mol. The summed E-state index contributed by atoms with van der Waals surface area (Å²) in [7, 11) is 0. The molecule has 124 valence electrons. The van der Waals surface area contributed by atoms with E-state index in [4.69, 9.17) is 4.74 Å². The molecule has 24 heavy (non-hydrogen) atoms. The Hall–Kier alpha value is -2.62. The van der Waals surface area contributed by atoms with Crippen molar-refractivity contribution in [2.24, 2.45) is 0 Å². The maximum absolute atomic E-state index is 12.7. The van der Waals surface area contributed by atoms with Crippen molar-refractivity contribution < 1.29 is 14.3 Å². The maximum Gasteiger partial charge on any atom is 0.416 e. The predicted molar refractivity (Wildman–Crippen MR) is 91.6 cm³/mol. The van der Waals surface area contributed by atoms with Gasteiger partial charge in [-0.1, -0.05) is 67.6 Å². The molecule has 1 saturated heterocycles. The number of hydrogen-bond acceptors (Lipinski definition) is 3. The van der Waals surface area contributed by atoms with E-state index in [-0.39, 0.29) is 24.5 Å². The molecule has 3 rings (SSSR count). The number of cyclic esters (lactones) is 1. The smallest absolute Gasteiger partial charge is 0.416 e. The number of benzene rings is 2. The normalized spacial score (nSPS) is 18.3. The minimum absolute atomic E-state index is 0.0597. The summed E-state index contributed by atoms with van der Waals surface area (Å²) in [6, 6.07) is 19.5. The molecular formula is C20H21NO3. The molecule has 0 aliphatic carbocycles. The van der Waals surface area contributed by atoms with Crippen LogP contribution in [-0.2, 0) is 16.0 Å². The summed E-state index contributed by atoms with van der Waals surface area (Å²) >= 11 is 0. The van der Waals surface area contributed by atoms with Crippen LogP contribution in [0.4, 0.5) is 4.79 Å². The second kappa shape index (κ2) is 7.30. The Kier molecular flexibility index (Phi) is 4.94. The van der Waals surface area contributed by atoms with E-state index in [9.17, 15) is 9.59 Å². The first-order valence-corrected chi connectivity index (χ1v) is 8.23. The van der Waals surface area contributed by atoms with E-state index in [1.54, 1.807) is 0 Å². The van der Waals surface area contributed by atoms with Crippen LogP contribution in [0.25, 0.3) is 0 Å². The highest BCUT2D eigenvalue weighted by atomic mass is 16.6. The highest BCUT2D eigenvalue weighted by Gasteiger charge is 2.38. The van der Waals surface area contributed by atoms with Gasteiger partial charge in [-0.3, -0.25) is 4.79 Å². The number of rotatable bonds is 5. The Morgan fingerprint density at radius 3 is 2.42 bits per heavy atom. The number of nitrogens with zero attached hydrogens (tertiary/aromatic N) is 1. The number of imide groups is 1. The van der Waals surface area contributed by atoms with Crippen LogP contribution in [0.3, 0.4) is 0 Å². The number of carbonyl (C=O) groups excluding carboxylic acids is 2. The zero-order chi connectivity index (χ0) is 16.9. The van der Waals surface area contributed by atoms with Crippen LogP contribution in [0.15, 0.2) is 60.7 Å². The Morgan fingerprint density at radius 2 is 1.75 bits per heavy atom. The average molecular weight is 323 g/mol. The lowest BCUT2D eigenvalue weighted by molar-refractivity contribution is -0.129. The van der Waals surface area contributed by atoms with Gasteiger partial charge in [0.1, 0.15) is 6.61 Å². The van der Waals surface area contributed by atoms with E-state index in [0.717, 1.165) is 11.1 Å². The molecule has 0 radical (unpaired) electrons. The minimum atomic E-state index is -0.527. The van der Waals surface area contributed by atoms with Crippen LogP contribution in [0.1, 0.15) is 30.4 Å². The van der Waals surface area contributed by atoms with Crippen molar-refractivity contribution in [3.63, 3.8) is 0 Å². The molecule has 0 N–H and O–H groups in total. The van der Waals surface area contributed by atoms with Gasteiger partial charge in [-0.15, -0.1) is 0 Å². The zero-order valence-electron chi connectivity index (χ0n) is 13.7. The summed E-state index contributed by atoms with van der Waals surface area (Å²) < 4.78 is 5.12. The molecule has 2 aromatic rings. The molecule has 0 bridgehead atoms. The van der Waals surface area contributed by atoms with Crippen molar-refractivity contribution in [1.82, 2.24) is 4.90 Å². The molecule has 1 aliphatic rings. The van der Waals surface area contributed by atoms with Crippen LogP contribution in [0.5, 0.6) is 0 Å².